The second kappa shape index (κ2) is 3.07. The van der Waals surface area contributed by atoms with E-state index < -0.39 is 0 Å². The highest BCUT2D eigenvalue weighted by atomic mass is 16.3. The average molecular weight is 228 g/mol. The molecule has 2 atom stereocenters. The Morgan fingerprint density at radius 3 is 2.18 bits per heavy atom. The van der Waals surface area contributed by atoms with Crippen molar-refractivity contribution in [2.24, 2.45) is 23.2 Å². The first kappa shape index (κ1) is 9.99. The van der Waals surface area contributed by atoms with E-state index in [1.54, 1.807) is 0 Å². The minimum Gasteiger partial charge on any atom is -0.508 e. The molecule has 1 aromatic carbocycles. The molecule has 1 aromatic rings. The molecule has 1 heteroatoms. The van der Waals surface area contributed by atoms with E-state index in [0.29, 0.717) is 5.75 Å². The topological polar surface area (TPSA) is 20.2 Å². The van der Waals surface area contributed by atoms with Crippen molar-refractivity contribution in [2.45, 2.75) is 38.5 Å². The van der Waals surface area contributed by atoms with Gasteiger partial charge in [-0.3, -0.25) is 0 Å². The zero-order chi connectivity index (χ0) is 11.6. The van der Waals surface area contributed by atoms with Crippen LogP contribution < -0.4 is 0 Å². The van der Waals surface area contributed by atoms with Crippen LogP contribution in [-0.2, 0) is 0 Å². The molecule has 0 heterocycles. The number of fused-ring (bicyclic) bond motifs is 3. The molecule has 90 valence electrons. The summed E-state index contributed by atoms with van der Waals surface area (Å²) >= 11 is 0. The van der Waals surface area contributed by atoms with E-state index in [1.165, 1.54) is 31.2 Å². The predicted molar refractivity (Wildman–Crippen MR) is 67.9 cm³/mol. The maximum Gasteiger partial charge on any atom is 0.115 e. The second-order valence-electron chi connectivity index (χ2n) is 6.51. The van der Waals surface area contributed by atoms with Gasteiger partial charge in [0.2, 0.25) is 0 Å². The lowest BCUT2D eigenvalue weighted by molar-refractivity contribution is 0.200. The molecule has 0 amide bonds. The molecule has 4 rings (SSSR count). The number of benzene rings is 1. The fourth-order valence-electron chi connectivity index (χ4n) is 4.85. The van der Waals surface area contributed by atoms with Gasteiger partial charge in [-0.1, -0.05) is 19.1 Å². The lowest BCUT2D eigenvalue weighted by Gasteiger charge is -2.34. The molecule has 0 saturated heterocycles. The molecule has 0 bridgehead atoms. The maximum absolute atomic E-state index is 9.32. The van der Waals surface area contributed by atoms with Crippen LogP contribution in [0.15, 0.2) is 24.3 Å². The number of hydrogen-bond acceptors (Lipinski definition) is 1. The van der Waals surface area contributed by atoms with Crippen LogP contribution in [0.3, 0.4) is 0 Å². The highest BCUT2D eigenvalue weighted by molar-refractivity contribution is 5.32. The Balaban J connectivity index is 1.44. The van der Waals surface area contributed by atoms with Crippen LogP contribution in [0.2, 0.25) is 0 Å². The third kappa shape index (κ3) is 1.26. The number of aromatic hydroxyl groups is 1. The Kier molecular flexibility index (Phi) is 1.80. The molecule has 1 spiro atoms. The summed E-state index contributed by atoms with van der Waals surface area (Å²) in [4.78, 5) is 0. The van der Waals surface area contributed by atoms with Gasteiger partial charge in [0.15, 0.2) is 0 Å². The van der Waals surface area contributed by atoms with Crippen molar-refractivity contribution < 1.29 is 5.11 Å². The van der Waals surface area contributed by atoms with E-state index in [4.69, 9.17) is 0 Å². The van der Waals surface area contributed by atoms with Crippen molar-refractivity contribution in [2.75, 3.05) is 0 Å². The smallest absolute Gasteiger partial charge is 0.115 e. The zero-order valence-corrected chi connectivity index (χ0v) is 10.4. The molecule has 2 unspecified atom stereocenters. The van der Waals surface area contributed by atoms with Crippen LogP contribution in [0.4, 0.5) is 0 Å². The van der Waals surface area contributed by atoms with E-state index in [9.17, 15) is 5.11 Å². The summed E-state index contributed by atoms with van der Waals surface area (Å²) in [7, 11) is 0. The van der Waals surface area contributed by atoms with E-state index in [1.807, 2.05) is 12.1 Å². The minimum absolute atomic E-state index is 0.387. The third-order valence-electron chi connectivity index (χ3n) is 5.88. The van der Waals surface area contributed by atoms with Crippen molar-refractivity contribution >= 4 is 0 Å². The molecule has 3 saturated carbocycles. The minimum atomic E-state index is 0.387. The average Bonchev–Trinajstić information content (AvgIpc) is 3.22. The number of phenolic OH excluding ortho intramolecular Hbond substituents is 1. The van der Waals surface area contributed by atoms with E-state index >= 15 is 0 Å². The van der Waals surface area contributed by atoms with E-state index in [0.717, 1.165) is 29.1 Å². The molecule has 1 nitrogen and oxygen atoms in total. The van der Waals surface area contributed by atoms with Crippen molar-refractivity contribution in [1.29, 1.82) is 0 Å². The van der Waals surface area contributed by atoms with Gasteiger partial charge >= 0.3 is 0 Å². The van der Waals surface area contributed by atoms with Gasteiger partial charge in [0, 0.05) is 0 Å². The Morgan fingerprint density at radius 2 is 1.65 bits per heavy atom. The molecular formula is C16H20O. The Bertz CT molecular complexity index is 427. The van der Waals surface area contributed by atoms with Gasteiger partial charge in [0.1, 0.15) is 5.75 Å². The highest BCUT2D eigenvalue weighted by Crippen LogP contribution is 2.85. The van der Waals surface area contributed by atoms with Crippen LogP contribution in [0.1, 0.15) is 44.1 Å². The molecule has 0 aliphatic heterocycles. The van der Waals surface area contributed by atoms with Gasteiger partial charge in [0.05, 0.1) is 0 Å². The molecule has 1 N–H and O–H groups in total. The van der Waals surface area contributed by atoms with Crippen LogP contribution in [0.25, 0.3) is 0 Å². The molecule has 17 heavy (non-hydrogen) atoms. The lowest BCUT2D eigenvalue weighted by atomic mass is 9.71. The summed E-state index contributed by atoms with van der Waals surface area (Å²) < 4.78 is 0. The van der Waals surface area contributed by atoms with Crippen LogP contribution >= 0.6 is 0 Å². The Morgan fingerprint density at radius 1 is 1.06 bits per heavy atom. The summed E-state index contributed by atoms with van der Waals surface area (Å²) in [6.07, 6.45) is 5.64. The monoisotopic (exact) mass is 228 g/mol. The highest BCUT2D eigenvalue weighted by Gasteiger charge is 2.80. The summed E-state index contributed by atoms with van der Waals surface area (Å²) in [5.74, 6) is 4.42. The molecule has 3 aliphatic rings. The number of rotatable bonds is 1. The fourth-order valence-corrected chi connectivity index (χ4v) is 4.85. The van der Waals surface area contributed by atoms with Crippen molar-refractivity contribution in [3.05, 3.63) is 29.8 Å². The molecule has 3 aliphatic carbocycles. The van der Waals surface area contributed by atoms with Gasteiger partial charge in [-0.05, 0) is 72.5 Å². The van der Waals surface area contributed by atoms with Crippen molar-refractivity contribution in [1.82, 2.24) is 0 Å². The number of phenols is 1. The predicted octanol–water partition coefficient (Wildman–Crippen LogP) is 3.93. The van der Waals surface area contributed by atoms with Crippen LogP contribution in [0, 0.1) is 23.2 Å². The zero-order valence-electron chi connectivity index (χ0n) is 10.4. The normalized spacial score (nSPS) is 46.6. The standard InChI is InChI=1S/C16H20O/c1-10-14-15(10)16(14)8-6-12(7-9-16)11-2-4-13(17)5-3-11/h2-5,10,12,14-15,17H,6-9H2,1H3. The maximum atomic E-state index is 9.32. The summed E-state index contributed by atoms with van der Waals surface area (Å²) in [5.41, 5.74) is 2.24. The third-order valence-corrected chi connectivity index (χ3v) is 5.88. The lowest BCUT2D eigenvalue weighted by Crippen LogP contribution is -2.23. The van der Waals surface area contributed by atoms with E-state index in [2.05, 4.69) is 19.1 Å². The second-order valence-corrected chi connectivity index (χ2v) is 6.51. The quantitative estimate of drug-likeness (QED) is 0.772. The van der Waals surface area contributed by atoms with Gasteiger partial charge in [-0.2, -0.15) is 0 Å². The molecule has 0 aromatic heterocycles. The Labute approximate surface area is 103 Å². The Hall–Kier alpha value is -0.980. The van der Waals surface area contributed by atoms with Gasteiger partial charge in [0.25, 0.3) is 0 Å². The molecule has 0 radical (unpaired) electrons. The summed E-state index contributed by atoms with van der Waals surface area (Å²) in [5, 5.41) is 9.32. The van der Waals surface area contributed by atoms with Crippen LogP contribution in [-0.4, -0.2) is 5.11 Å². The first-order valence-electron chi connectivity index (χ1n) is 7.01. The van der Waals surface area contributed by atoms with Crippen molar-refractivity contribution in [3.8, 4) is 5.75 Å². The van der Waals surface area contributed by atoms with Gasteiger partial charge < -0.3 is 5.11 Å². The van der Waals surface area contributed by atoms with Gasteiger partial charge in [-0.15, -0.1) is 0 Å². The van der Waals surface area contributed by atoms with Gasteiger partial charge in [-0.25, -0.2) is 0 Å². The summed E-state index contributed by atoms with van der Waals surface area (Å²) in [6.45, 7) is 2.42. The van der Waals surface area contributed by atoms with Crippen LogP contribution in [0.5, 0.6) is 5.75 Å². The van der Waals surface area contributed by atoms with E-state index in [-0.39, 0.29) is 0 Å². The largest absolute Gasteiger partial charge is 0.508 e. The first-order chi connectivity index (χ1) is 8.22. The SMILES string of the molecule is CC1C2C1C21CCC(c2ccc(O)cc2)CC1. The summed E-state index contributed by atoms with van der Waals surface area (Å²) in [6, 6.07) is 7.87. The fraction of sp³-hybridized carbons (Fsp3) is 0.625. The molecule has 3 fully saturated rings. The molecular weight excluding hydrogens is 208 g/mol. The first-order valence-corrected chi connectivity index (χ1v) is 7.01. The van der Waals surface area contributed by atoms with Crippen molar-refractivity contribution in [3.63, 3.8) is 0 Å². The number of hydrogen-bond donors (Lipinski definition) is 1.